The van der Waals surface area contributed by atoms with Crippen LogP contribution in [0.25, 0.3) is 6.08 Å². The van der Waals surface area contributed by atoms with Crippen LogP contribution in [0.5, 0.6) is 11.5 Å². The van der Waals surface area contributed by atoms with Crippen LogP contribution in [-0.2, 0) is 17.8 Å². The summed E-state index contributed by atoms with van der Waals surface area (Å²) in [5, 5.41) is 12.8. The normalized spacial score (nSPS) is 15.0. The van der Waals surface area contributed by atoms with Crippen molar-refractivity contribution in [2.24, 2.45) is 0 Å². The van der Waals surface area contributed by atoms with Crippen molar-refractivity contribution in [2.45, 2.75) is 19.9 Å². The number of carbonyl (C=O) groups is 2. The van der Waals surface area contributed by atoms with Crippen molar-refractivity contribution >= 4 is 18.0 Å². The van der Waals surface area contributed by atoms with Gasteiger partial charge in [0.2, 0.25) is 0 Å². The summed E-state index contributed by atoms with van der Waals surface area (Å²) in [7, 11) is 0. The molecule has 0 bridgehead atoms. The zero-order valence-corrected chi connectivity index (χ0v) is 15.9. The van der Waals surface area contributed by atoms with Crippen molar-refractivity contribution in [1.29, 1.82) is 0 Å². The highest BCUT2D eigenvalue weighted by Gasteiger charge is 2.33. The first kappa shape index (κ1) is 20.1. The minimum absolute atomic E-state index is 0.0219. The number of amides is 3. The number of urea groups is 1. The number of rotatable bonds is 7. The summed E-state index contributed by atoms with van der Waals surface area (Å²) in [6.07, 6.45) is 3.59. The number of carbonyl (C=O) groups excluding carboxylic acids is 2. The average molecular weight is 396 g/mol. The Kier molecular flexibility index (Phi) is 5.97. The van der Waals surface area contributed by atoms with Crippen LogP contribution in [0.1, 0.15) is 23.6 Å². The molecule has 2 N–H and O–H groups in total. The Balaban J connectivity index is 1.88. The van der Waals surface area contributed by atoms with Crippen LogP contribution < -0.4 is 10.1 Å². The largest absolute Gasteiger partial charge is 0.504 e. The van der Waals surface area contributed by atoms with Gasteiger partial charge < -0.3 is 15.2 Å². The Labute approximate surface area is 167 Å². The van der Waals surface area contributed by atoms with E-state index in [4.69, 9.17) is 4.74 Å². The van der Waals surface area contributed by atoms with Crippen LogP contribution in [-0.4, -0.2) is 28.6 Å². The maximum absolute atomic E-state index is 13.1. The van der Waals surface area contributed by atoms with Gasteiger partial charge in [-0.25, -0.2) is 9.18 Å². The molecule has 6 nitrogen and oxygen atoms in total. The van der Waals surface area contributed by atoms with Gasteiger partial charge in [0.1, 0.15) is 11.5 Å². The fourth-order valence-corrected chi connectivity index (χ4v) is 3.00. The Morgan fingerprint density at radius 1 is 1.24 bits per heavy atom. The number of aromatic hydroxyl groups is 1. The number of hydrogen-bond donors (Lipinski definition) is 2. The van der Waals surface area contributed by atoms with Crippen molar-refractivity contribution in [1.82, 2.24) is 10.2 Å². The second kappa shape index (κ2) is 8.60. The minimum atomic E-state index is -0.555. The third-order valence-electron chi connectivity index (χ3n) is 4.37. The van der Waals surface area contributed by atoms with Gasteiger partial charge in [0.05, 0.1) is 13.2 Å². The zero-order chi connectivity index (χ0) is 21.0. The standard InChI is InChI=1S/C22H21FN2O4/c1-3-5-16-10-15(12-19(20(16)26)29-4-2)11-18-21(27)25(22(28)24-18)13-14-6-8-17(23)9-7-14/h3,6-12,26H,1,4-5,13H2,2H3,(H,24,28)/b18-11+. The van der Waals surface area contributed by atoms with Crippen LogP contribution in [0.2, 0.25) is 0 Å². The monoisotopic (exact) mass is 396 g/mol. The summed E-state index contributed by atoms with van der Waals surface area (Å²) in [4.78, 5) is 26.0. The van der Waals surface area contributed by atoms with E-state index in [9.17, 15) is 19.1 Å². The minimum Gasteiger partial charge on any atom is -0.504 e. The molecule has 0 aromatic heterocycles. The van der Waals surface area contributed by atoms with Gasteiger partial charge in [0.15, 0.2) is 11.5 Å². The highest BCUT2D eigenvalue weighted by molar-refractivity contribution is 6.13. The fourth-order valence-electron chi connectivity index (χ4n) is 3.00. The van der Waals surface area contributed by atoms with E-state index in [0.717, 1.165) is 4.90 Å². The number of phenols is 1. The molecule has 150 valence electrons. The van der Waals surface area contributed by atoms with Crippen molar-refractivity contribution < 1.29 is 23.8 Å². The van der Waals surface area contributed by atoms with E-state index >= 15 is 0 Å². The van der Waals surface area contributed by atoms with Crippen LogP contribution in [0.15, 0.2) is 54.8 Å². The quantitative estimate of drug-likeness (QED) is 0.424. The van der Waals surface area contributed by atoms with Gasteiger partial charge >= 0.3 is 6.03 Å². The molecule has 0 atom stereocenters. The molecule has 0 unspecified atom stereocenters. The summed E-state index contributed by atoms with van der Waals surface area (Å²) in [5.41, 5.74) is 1.93. The lowest BCUT2D eigenvalue weighted by atomic mass is 10.0. The molecule has 0 spiro atoms. The topological polar surface area (TPSA) is 78.9 Å². The zero-order valence-electron chi connectivity index (χ0n) is 15.9. The number of imide groups is 1. The van der Waals surface area contributed by atoms with E-state index in [2.05, 4.69) is 11.9 Å². The Hall–Kier alpha value is -3.61. The SMILES string of the molecule is C=CCc1cc(/C=C2/NC(=O)N(Cc3ccc(F)cc3)C2=O)cc(OCC)c1O. The van der Waals surface area contributed by atoms with Crippen LogP contribution in [0.4, 0.5) is 9.18 Å². The molecule has 3 amide bonds. The predicted octanol–water partition coefficient (Wildman–Crippen LogP) is 3.75. The highest BCUT2D eigenvalue weighted by atomic mass is 19.1. The first-order valence-corrected chi connectivity index (χ1v) is 9.11. The lowest BCUT2D eigenvalue weighted by Crippen LogP contribution is -2.30. The number of hydrogen-bond acceptors (Lipinski definition) is 4. The van der Waals surface area contributed by atoms with Gasteiger partial charge in [-0.1, -0.05) is 18.2 Å². The molecular formula is C22H21FN2O4. The van der Waals surface area contributed by atoms with E-state index in [1.54, 1.807) is 25.1 Å². The number of nitrogens with zero attached hydrogens (tertiary/aromatic N) is 1. The molecule has 3 rings (SSSR count). The van der Waals surface area contributed by atoms with Crippen molar-refractivity contribution in [3.8, 4) is 11.5 Å². The van der Waals surface area contributed by atoms with Crippen molar-refractivity contribution in [2.75, 3.05) is 6.61 Å². The molecule has 2 aromatic rings. The van der Waals surface area contributed by atoms with E-state index in [-0.39, 0.29) is 23.8 Å². The molecule has 0 saturated carbocycles. The lowest BCUT2D eigenvalue weighted by Gasteiger charge is -2.12. The third kappa shape index (κ3) is 4.45. The van der Waals surface area contributed by atoms with Crippen LogP contribution in [0, 0.1) is 5.82 Å². The molecule has 1 heterocycles. The van der Waals surface area contributed by atoms with Gasteiger partial charge in [-0.05, 0) is 54.8 Å². The van der Waals surface area contributed by atoms with Crippen molar-refractivity contribution in [3.05, 3.63) is 77.3 Å². The average Bonchev–Trinajstić information content (AvgIpc) is 2.95. The molecule has 0 aliphatic carbocycles. The summed E-state index contributed by atoms with van der Waals surface area (Å²) < 4.78 is 18.5. The van der Waals surface area contributed by atoms with Crippen molar-refractivity contribution in [3.63, 3.8) is 0 Å². The molecular weight excluding hydrogens is 375 g/mol. The maximum atomic E-state index is 13.1. The lowest BCUT2D eigenvalue weighted by molar-refractivity contribution is -0.123. The molecule has 7 heteroatoms. The smallest absolute Gasteiger partial charge is 0.329 e. The number of ether oxygens (including phenoxy) is 1. The summed E-state index contributed by atoms with van der Waals surface area (Å²) in [6.45, 7) is 5.87. The van der Waals surface area contributed by atoms with E-state index < -0.39 is 11.9 Å². The maximum Gasteiger partial charge on any atom is 0.329 e. The van der Waals surface area contributed by atoms with Gasteiger partial charge in [-0.15, -0.1) is 6.58 Å². The Bertz CT molecular complexity index is 983. The number of nitrogens with one attached hydrogen (secondary N) is 1. The second-order valence-corrected chi connectivity index (χ2v) is 6.46. The molecule has 29 heavy (non-hydrogen) atoms. The summed E-state index contributed by atoms with van der Waals surface area (Å²) in [6, 6.07) is 8.34. The number of halogens is 1. The Morgan fingerprint density at radius 3 is 2.62 bits per heavy atom. The number of allylic oxidation sites excluding steroid dienone is 1. The molecule has 1 aliphatic rings. The van der Waals surface area contributed by atoms with Gasteiger partial charge in [0.25, 0.3) is 5.91 Å². The number of phenolic OH excluding ortho intramolecular Hbond substituents is 1. The van der Waals surface area contributed by atoms with E-state index in [1.165, 1.54) is 30.3 Å². The summed E-state index contributed by atoms with van der Waals surface area (Å²) >= 11 is 0. The first-order valence-electron chi connectivity index (χ1n) is 9.11. The second-order valence-electron chi connectivity index (χ2n) is 6.46. The summed E-state index contributed by atoms with van der Waals surface area (Å²) in [5.74, 6) is -0.567. The molecule has 1 aliphatic heterocycles. The predicted molar refractivity (Wildman–Crippen MR) is 107 cm³/mol. The molecule has 2 aromatic carbocycles. The fraction of sp³-hybridized carbons (Fsp3) is 0.182. The van der Waals surface area contributed by atoms with Crippen LogP contribution in [0.3, 0.4) is 0 Å². The first-order chi connectivity index (χ1) is 13.9. The molecule has 1 saturated heterocycles. The molecule has 1 fully saturated rings. The van der Waals surface area contributed by atoms with Gasteiger partial charge in [-0.3, -0.25) is 9.69 Å². The highest BCUT2D eigenvalue weighted by Crippen LogP contribution is 2.33. The van der Waals surface area contributed by atoms with E-state index in [0.29, 0.717) is 35.5 Å². The molecule has 0 radical (unpaired) electrons. The Morgan fingerprint density at radius 2 is 1.97 bits per heavy atom. The van der Waals surface area contributed by atoms with Gasteiger partial charge in [-0.2, -0.15) is 0 Å². The number of benzene rings is 2. The van der Waals surface area contributed by atoms with E-state index in [1.807, 2.05) is 0 Å². The third-order valence-corrected chi connectivity index (χ3v) is 4.37. The van der Waals surface area contributed by atoms with Gasteiger partial charge in [0, 0.05) is 5.56 Å². The van der Waals surface area contributed by atoms with Crippen LogP contribution >= 0.6 is 0 Å².